The summed E-state index contributed by atoms with van der Waals surface area (Å²) in [6.45, 7) is 3.29. The Morgan fingerprint density at radius 1 is 1.33 bits per heavy atom. The molecule has 1 saturated heterocycles. The number of hydrogen-bond acceptors (Lipinski definition) is 5. The van der Waals surface area contributed by atoms with Gasteiger partial charge in [0.15, 0.2) is 0 Å². The fourth-order valence-electron chi connectivity index (χ4n) is 2.71. The van der Waals surface area contributed by atoms with Crippen molar-refractivity contribution in [3.8, 4) is 0 Å². The van der Waals surface area contributed by atoms with Crippen molar-refractivity contribution in [3.05, 3.63) is 41.8 Å². The number of nitrogens with zero attached hydrogens (tertiary/aromatic N) is 3. The van der Waals surface area contributed by atoms with Gasteiger partial charge in [-0.05, 0) is 37.6 Å². The first-order valence-electron chi connectivity index (χ1n) is 7.69. The van der Waals surface area contributed by atoms with E-state index in [2.05, 4.69) is 25.5 Å². The molecule has 1 atom stereocenters. The van der Waals surface area contributed by atoms with E-state index in [1.54, 1.807) is 0 Å². The number of nitrogen functional groups attached to an aromatic ring is 1. The van der Waals surface area contributed by atoms with E-state index >= 15 is 0 Å². The van der Waals surface area contributed by atoms with Crippen LogP contribution >= 0.6 is 0 Å². The van der Waals surface area contributed by atoms with Gasteiger partial charge in [-0.3, -0.25) is 0 Å². The highest BCUT2D eigenvalue weighted by Crippen LogP contribution is 2.19. The van der Waals surface area contributed by atoms with E-state index < -0.39 is 0 Å². The summed E-state index contributed by atoms with van der Waals surface area (Å²) in [6.07, 6.45) is 0.805. The minimum atomic E-state index is -0.341. The second kappa shape index (κ2) is 6.69. The number of halogens is 1. The predicted octanol–water partition coefficient (Wildman–Crippen LogP) is 1.91. The molecule has 1 fully saturated rings. The van der Waals surface area contributed by atoms with Gasteiger partial charge in [-0.25, -0.2) is 14.2 Å². The second-order valence-corrected chi connectivity index (χ2v) is 5.76. The van der Waals surface area contributed by atoms with Crippen molar-refractivity contribution >= 4 is 23.5 Å². The minimum Gasteiger partial charge on any atom is -0.368 e. The zero-order valence-electron chi connectivity index (χ0n) is 13.3. The molecule has 0 unspecified atom stereocenters. The van der Waals surface area contributed by atoms with Gasteiger partial charge in [0.1, 0.15) is 11.6 Å². The zero-order valence-corrected chi connectivity index (χ0v) is 13.3. The van der Waals surface area contributed by atoms with Gasteiger partial charge in [0.25, 0.3) is 0 Å². The normalized spacial score (nSPS) is 16.9. The Morgan fingerprint density at radius 2 is 2.08 bits per heavy atom. The molecular formula is C16H19FN6O. The Morgan fingerprint density at radius 3 is 2.79 bits per heavy atom. The lowest BCUT2D eigenvalue weighted by molar-refractivity contribution is 0.249. The van der Waals surface area contributed by atoms with Crippen molar-refractivity contribution < 1.29 is 9.18 Å². The smallest absolute Gasteiger partial charge is 0.319 e. The van der Waals surface area contributed by atoms with E-state index in [-0.39, 0.29) is 23.8 Å². The molecule has 1 aromatic heterocycles. The van der Waals surface area contributed by atoms with Crippen LogP contribution < -0.4 is 21.3 Å². The predicted molar refractivity (Wildman–Crippen MR) is 90.4 cm³/mol. The Labute approximate surface area is 139 Å². The van der Waals surface area contributed by atoms with Gasteiger partial charge in [-0.1, -0.05) is 0 Å². The van der Waals surface area contributed by atoms with Crippen molar-refractivity contribution in [1.29, 1.82) is 0 Å². The largest absolute Gasteiger partial charge is 0.368 e. The topological polar surface area (TPSA) is 96.2 Å². The number of aromatic nitrogens is 2. The van der Waals surface area contributed by atoms with Crippen LogP contribution in [0.5, 0.6) is 0 Å². The van der Waals surface area contributed by atoms with Crippen LogP contribution in [0.3, 0.4) is 0 Å². The molecule has 0 radical (unpaired) electrons. The molecule has 126 valence electrons. The molecule has 1 aliphatic heterocycles. The van der Waals surface area contributed by atoms with Gasteiger partial charge in [-0.2, -0.15) is 4.98 Å². The van der Waals surface area contributed by atoms with Gasteiger partial charge < -0.3 is 21.3 Å². The maximum atomic E-state index is 12.9. The SMILES string of the molecule is Cc1cc(N2CC[C@H](NC(=O)Nc3ccc(F)cc3)C2)nc(N)n1. The van der Waals surface area contributed by atoms with Crippen molar-refractivity contribution in [2.45, 2.75) is 19.4 Å². The van der Waals surface area contributed by atoms with Crippen LogP contribution in [0.2, 0.25) is 0 Å². The summed E-state index contributed by atoms with van der Waals surface area (Å²) in [6, 6.07) is 7.19. The monoisotopic (exact) mass is 330 g/mol. The lowest BCUT2D eigenvalue weighted by Gasteiger charge is -2.18. The number of benzene rings is 1. The molecule has 24 heavy (non-hydrogen) atoms. The average molecular weight is 330 g/mol. The van der Waals surface area contributed by atoms with E-state index in [4.69, 9.17) is 5.73 Å². The summed E-state index contributed by atoms with van der Waals surface area (Å²) in [5.74, 6) is 0.672. The third-order valence-corrected chi connectivity index (χ3v) is 3.81. The number of aryl methyl sites for hydroxylation is 1. The van der Waals surface area contributed by atoms with Crippen LogP contribution in [-0.2, 0) is 0 Å². The molecule has 0 bridgehead atoms. The van der Waals surface area contributed by atoms with Gasteiger partial charge >= 0.3 is 6.03 Å². The van der Waals surface area contributed by atoms with Gasteiger partial charge in [0.05, 0.1) is 0 Å². The van der Waals surface area contributed by atoms with E-state index in [0.717, 1.165) is 24.5 Å². The first-order chi connectivity index (χ1) is 11.5. The first kappa shape index (κ1) is 16.0. The molecule has 8 heteroatoms. The number of urea groups is 1. The third kappa shape index (κ3) is 3.89. The summed E-state index contributed by atoms with van der Waals surface area (Å²) in [5, 5.41) is 5.60. The number of nitrogens with two attached hydrogens (primary N) is 1. The molecule has 0 aliphatic carbocycles. The number of nitrogens with one attached hydrogen (secondary N) is 2. The summed E-state index contributed by atoms with van der Waals surface area (Å²) in [7, 11) is 0. The van der Waals surface area contributed by atoms with Crippen LogP contribution in [0.4, 0.5) is 26.6 Å². The standard InChI is InChI=1S/C16H19FN6O/c1-10-8-14(22-15(18)19-10)23-7-6-13(9-23)21-16(24)20-12-4-2-11(17)3-5-12/h2-5,8,13H,6-7,9H2,1H3,(H2,18,19,22)(H2,20,21,24)/t13-/m0/s1. The highest BCUT2D eigenvalue weighted by atomic mass is 19.1. The second-order valence-electron chi connectivity index (χ2n) is 5.76. The maximum Gasteiger partial charge on any atom is 0.319 e. The number of amides is 2. The third-order valence-electron chi connectivity index (χ3n) is 3.81. The Hall–Kier alpha value is -2.90. The highest BCUT2D eigenvalue weighted by Gasteiger charge is 2.25. The molecule has 2 heterocycles. The Bertz CT molecular complexity index is 716. The minimum absolute atomic E-state index is 0.00180. The first-order valence-corrected chi connectivity index (χ1v) is 7.69. The van der Waals surface area contributed by atoms with E-state index in [0.29, 0.717) is 12.2 Å². The molecule has 2 amide bonds. The lowest BCUT2D eigenvalue weighted by Crippen LogP contribution is -2.39. The van der Waals surface area contributed by atoms with Crippen molar-refractivity contribution in [1.82, 2.24) is 15.3 Å². The molecule has 2 aromatic rings. The molecule has 1 aliphatic rings. The fraction of sp³-hybridized carbons (Fsp3) is 0.312. The number of anilines is 3. The molecule has 0 saturated carbocycles. The number of carbonyl (C=O) groups excluding carboxylic acids is 1. The van der Waals surface area contributed by atoms with E-state index in [9.17, 15) is 9.18 Å². The van der Waals surface area contributed by atoms with E-state index in [1.807, 2.05) is 13.0 Å². The van der Waals surface area contributed by atoms with Crippen molar-refractivity contribution in [3.63, 3.8) is 0 Å². The molecule has 3 rings (SSSR count). The lowest BCUT2D eigenvalue weighted by atomic mass is 10.3. The van der Waals surface area contributed by atoms with E-state index in [1.165, 1.54) is 24.3 Å². The zero-order chi connectivity index (χ0) is 17.1. The van der Waals surface area contributed by atoms with Crippen molar-refractivity contribution in [2.24, 2.45) is 0 Å². The fourth-order valence-corrected chi connectivity index (χ4v) is 2.71. The summed E-state index contributed by atoms with van der Waals surface area (Å²) < 4.78 is 12.9. The Balaban J connectivity index is 1.55. The quantitative estimate of drug-likeness (QED) is 0.799. The van der Waals surface area contributed by atoms with Crippen LogP contribution in [0.15, 0.2) is 30.3 Å². The van der Waals surface area contributed by atoms with Gasteiger partial charge in [0, 0.05) is 36.6 Å². The number of hydrogen-bond donors (Lipinski definition) is 3. The van der Waals surface area contributed by atoms with Crippen LogP contribution in [0.1, 0.15) is 12.1 Å². The summed E-state index contributed by atoms with van der Waals surface area (Å²) in [4.78, 5) is 22.4. The number of carbonyl (C=O) groups is 1. The molecular weight excluding hydrogens is 311 g/mol. The van der Waals surface area contributed by atoms with Gasteiger partial charge in [0.2, 0.25) is 5.95 Å². The summed E-state index contributed by atoms with van der Waals surface area (Å²) >= 11 is 0. The number of rotatable bonds is 3. The van der Waals surface area contributed by atoms with Crippen LogP contribution in [0.25, 0.3) is 0 Å². The maximum absolute atomic E-state index is 12.9. The average Bonchev–Trinajstić information content (AvgIpc) is 2.97. The van der Waals surface area contributed by atoms with Crippen LogP contribution in [0, 0.1) is 12.7 Å². The highest BCUT2D eigenvalue weighted by molar-refractivity contribution is 5.89. The molecule has 1 aromatic carbocycles. The molecule has 7 nitrogen and oxygen atoms in total. The Kier molecular flexibility index (Phi) is 4.45. The van der Waals surface area contributed by atoms with Crippen LogP contribution in [-0.4, -0.2) is 35.1 Å². The van der Waals surface area contributed by atoms with Crippen molar-refractivity contribution in [2.75, 3.05) is 29.0 Å². The van der Waals surface area contributed by atoms with Gasteiger partial charge in [-0.15, -0.1) is 0 Å². The molecule has 4 N–H and O–H groups in total. The molecule has 0 spiro atoms. The summed E-state index contributed by atoms with van der Waals surface area (Å²) in [5.41, 5.74) is 7.04.